The fourth-order valence-corrected chi connectivity index (χ4v) is 2.81. The van der Waals surface area contributed by atoms with Crippen LogP contribution in [0.3, 0.4) is 0 Å². The molecule has 25 heavy (non-hydrogen) atoms. The Labute approximate surface area is 147 Å². The van der Waals surface area contributed by atoms with Crippen molar-refractivity contribution in [1.29, 1.82) is 0 Å². The van der Waals surface area contributed by atoms with Gasteiger partial charge in [-0.2, -0.15) is 5.10 Å². The van der Waals surface area contributed by atoms with Gasteiger partial charge in [0.05, 0.1) is 7.11 Å². The molecule has 0 saturated carbocycles. The van der Waals surface area contributed by atoms with Crippen LogP contribution >= 0.6 is 0 Å². The van der Waals surface area contributed by atoms with Crippen molar-refractivity contribution in [3.05, 3.63) is 84.2 Å². The molecule has 0 spiro atoms. The van der Waals surface area contributed by atoms with E-state index in [9.17, 15) is 4.79 Å². The lowest BCUT2D eigenvalue weighted by Gasteiger charge is -2.24. The number of amides is 1. The molecule has 3 rings (SSSR count). The standard InChI is InChI=1S/C20H21N3O2/c1-22(15-16-8-6-11-18(14-16)25-2)20(24)19(23-13-7-12-21-23)17-9-4-3-5-10-17/h3-14,19H,15H2,1-2H3/t19-/m1/s1. The summed E-state index contributed by atoms with van der Waals surface area (Å²) in [6.07, 6.45) is 3.50. The minimum atomic E-state index is -0.480. The maximum atomic E-state index is 13.1. The van der Waals surface area contributed by atoms with E-state index in [1.807, 2.05) is 66.9 Å². The van der Waals surface area contributed by atoms with Gasteiger partial charge in [0, 0.05) is 26.0 Å². The molecule has 0 unspecified atom stereocenters. The Balaban J connectivity index is 1.84. The fourth-order valence-electron chi connectivity index (χ4n) is 2.81. The second kappa shape index (κ2) is 7.66. The largest absolute Gasteiger partial charge is 0.497 e. The number of carbonyl (C=O) groups is 1. The van der Waals surface area contributed by atoms with Crippen molar-refractivity contribution in [1.82, 2.24) is 14.7 Å². The average Bonchev–Trinajstić information content (AvgIpc) is 3.17. The highest BCUT2D eigenvalue weighted by Crippen LogP contribution is 2.21. The molecule has 0 fully saturated rings. The molecule has 1 amide bonds. The summed E-state index contributed by atoms with van der Waals surface area (Å²) < 4.78 is 6.95. The van der Waals surface area contributed by atoms with Gasteiger partial charge in [0.15, 0.2) is 6.04 Å². The highest BCUT2D eigenvalue weighted by Gasteiger charge is 2.26. The quantitative estimate of drug-likeness (QED) is 0.695. The van der Waals surface area contributed by atoms with Crippen LogP contribution in [-0.4, -0.2) is 34.7 Å². The van der Waals surface area contributed by atoms with Crippen LogP contribution in [0.5, 0.6) is 5.75 Å². The Hall–Kier alpha value is -3.08. The molecule has 5 heteroatoms. The van der Waals surface area contributed by atoms with E-state index in [4.69, 9.17) is 4.74 Å². The van der Waals surface area contributed by atoms with Crippen molar-refractivity contribution in [2.75, 3.05) is 14.2 Å². The second-order valence-electron chi connectivity index (χ2n) is 5.85. The summed E-state index contributed by atoms with van der Waals surface area (Å²) in [6, 6.07) is 18.8. The summed E-state index contributed by atoms with van der Waals surface area (Å²) in [5.74, 6) is 0.766. The van der Waals surface area contributed by atoms with Gasteiger partial charge in [0.25, 0.3) is 5.91 Å². The third-order valence-electron chi connectivity index (χ3n) is 4.07. The number of likely N-dealkylation sites (N-methyl/N-ethyl adjacent to an activating group) is 1. The molecule has 3 aromatic rings. The summed E-state index contributed by atoms with van der Waals surface area (Å²) in [4.78, 5) is 14.9. The molecular weight excluding hydrogens is 314 g/mol. The Bertz CT molecular complexity index is 816. The maximum absolute atomic E-state index is 13.1. The molecule has 0 aliphatic heterocycles. The van der Waals surface area contributed by atoms with Crippen molar-refractivity contribution < 1.29 is 9.53 Å². The van der Waals surface area contributed by atoms with E-state index in [2.05, 4.69) is 5.10 Å². The lowest BCUT2D eigenvalue weighted by atomic mass is 10.1. The van der Waals surface area contributed by atoms with E-state index < -0.39 is 6.04 Å². The molecule has 0 N–H and O–H groups in total. The van der Waals surface area contributed by atoms with E-state index in [-0.39, 0.29) is 5.91 Å². The molecule has 128 valence electrons. The van der Waals surface area contributed by atoms with Crippen LogP contribution in [-0.2, 0) is 11.3 Å². The van der Waals surface area contributed by atoms with Crippen LogP contribution in [0.4, 0.5) is 0 Å². The third-order valence-corrected chi connectivity index (χ3v) is 4.07. The Morgan fingerprint density at radius 1 is 1.16 bits per heavy atom. The third kappa shape index (κ3) is 3.88. The molecule has 1 aromatic heterocycles. The number of methoxy groups -OCH3 is 1. The van der Waals surface area contributed by atoms with Crippen LogP contribution in [0.1, 0.15) is 17.2 Å². The van der Waals surface area contributed by atoms with Gasteiger partial charge in [0.1, 0.15) is 5.75 Å². The van der Waals surface area contributed by atoms with E-state index in [1.165, 1.54) is 0 Å². The van der Waals surface area contributed by atoms with Crippen LogP contribution in [0.2, 0.25) is 0 Å². The number of rotatable bonds is 6. The summed E-state index contributed by atoms with van der Waals surface area (Å²) >= 11 is 0. The summed E-state index contributed by atoms with van der Waals surface area (Å²) in [5.41, 5.74) is 1.93. The number of ether oxygens (including phenoxy) is 1. The monoisotopic (exact) mass is 335 g/mol. The zero-order valence-corrected chi connectivity index (χ0v) is 14.4. The maximum Gasteiger partial charge on any atom is 0.252 e. The van der Waals surface area contributed by atoms with E-state index in [1.54, 1.807) is 29.9 Å². The van der Waals surface area contributed by atoms with Gasteiger partial charge in [0.2, 0.25) is 0 Å². The zero-order valence-electron chi connectivity index (χ0n) is 14.4. The molecule has 0 aliphatic rings. The van der Waals surface area contributed by atoms with Crippen molar-refractivity contribution in [3.8, 4) is 5.75 Å². The van der Waals surface area contributed by atoms with Crippen molar-refractivity contribution >= 4 is 5.91 Å². The topological polar surface area (TPSA) is 47.4 Å². The van der Waals surface area contributed by atoms with Gasteiger partial charge in [-0.3, -0.25) is 9.48 Å². The Morgan fingerprint density at radius 3 is 2.64 bits per heavy atom. The molecule has 1 heterocycles. The molecule has 2 aromatic carbocycles. The van der Waals surface area contributed by atoms with Gasteiger partial charge >= 0.3 is 0 Å². The Morgan fingerprint density at radius 2 is 1.96 bits per heavy atom. The van der Waals surface area contributed by atoms with Crippen LogP contribution in [0, 0.1) is 0 Å². The highest BCUT2D eigenvalue weighted by atomic mass is 16.5. The number of nitrogens with zero attached hydrogens (tertiary/aromatic N) is 3. The molecule has 0 saturated heterocycles. The first-order valence-electron chi connectivity index (χ1n) is 8.11. The number of hydrogen-bond acceptors (Lipinski definition) is 3. The molecule has 0 radical (unpaired) electrons. The van der Waals surface area contributed by atoms with Gasteiger partial charge in [-0.25, -0.2) is 0 Å². The van der Waals surface area contributed by atoms with E-state index >= 15 is 0 Å². The predicted molar refractivity (Wildman–Crippen MR) is 96.3 cm³/mol. The molecule has 0 aliphatic carbocycles. The first-order valence-corrected chi connectivity index (χ1v) is 8.11. The van der Waals surface area contributed by atoms with Crippen molar-refractivity contribution in [2.45, 2.75) is 12.6 Å². The van der Waals surface area contributed by atoms with Gasteiger partial charge in [-0.05, 0) is 29.3 Å². The van der Waals surface area contributed by atoms with E-state index in [0.717, 1.165) is 16.9 Å². The molecule has 1 atom stereocenters. The smallest absolute Gasteiger partial charge is 0.252 e. The van der Waals surface area contributed by atoms with Crippen LogP contribution in [0.15, 0.2) is 73.1 Å². The van der Waals surface area contributed by atoms with Gasteiger partial charge < -0.3 is 9.64 Å². The van der Waals surface area contributed by atoms with Crippen LogP contribution < -0.4 is 4.74 Å². The molecular formula is C20H21N3O2. The first kappa shape index (κ1) is 16.8. The highest BCUT2D eigenvalue weighted by molar-refractivity contribution is 5.83. The minimum Gasteiger partial charge on any atom is -0.497 e. The summed E-state index contributed by atoms with van der Waals surface area (Å²) in [5, 5.41) is 4.28. The van der Waals surface area contributed by atoms with Crippen molar-refractivity contribution in [2.24, 2.45) is 0 Å². The predicted octanol–water partition coefficient (Wildman–Crippen LogP) is 3.14. The fraction of sp³-hybridized carbons (Fsp3) is 0.200. The summed E-state index contributed by atoms with van der Waals surface area (Å²) in [6.45, 7) is 0.501. The average molecular weight is 335 g/mol. The number of aromatic nitrogens is 2. The SMILES string of the molecule is COc1cccc(CN(C)C(=O)[C@@H](c2ccccc2)n2cccn2)c1. The normalized spacial score (nSPS) is 11.8. The number of carbonyl (C=O) groups excluding carboxylic acids is 1. The lowest BCUT2D eigenvalue weighted by molar-refractivity contribution is -0.133. The number of benzene rings is 2. The van der Waals surface area contributed by atoms with Gasteiger partial charge in [-0.15, -0.1) is 0 Å². The Kier molecular flexibility index (Phi) is 5.14. The zero-order chi connectivity index (χ0) is 17.6. The van der Waals surface area contributed by atoms with E-state index in [0.29, 0.717) is 6.54 Å². The second-order valence-corrected chi connectivity index (χ2v) is 5.85. The van der Waals surface area contributed by atoms with Crippen molar-refractivity contribution in [3.63, 3.8) is 0 Å². The molecule has 5 nitrogen and oxygen atoms in total. The van der Waals surface area contributed by atoms with Gasteiger partial charge in [-0.1, -0.05) is 42.5 Å². The lowest BCUT2D eigenvalue weighted by Crippen LogP contribution is -2.35. The molecule has 0 bridgehead atoms. The minimum absolute atomic E-state index is 0.0160. The summed E-state index contributed by atoms with van der Waals surface area (Å²) in [7, 11) is 3.44. The number of hydrogen-bond donors (Lipinski definition) is 0. The van der Waals surface area contributed by atoms with Crippen LogP contribution in [0.25, 0.3) is 0 Å². The first-order chi connectivity index (χ1) is 12.2.